The molecular formula is CH7CrN3P-. The van der Waals surface area contributed by atoms with Crippen molar-refractivity contribution >= 4 is 15.9 Å². The maximum absolute atomic E-state index is 5.94. The monoisotopic (exact) mass is 144 g/mol. The fourth-order valence-electron chi connectivity index (χ4n) is 0. The zero-order chi connectivity index (χ0) is 3.58. The summed E-state index contributed by atoms with van der Waals surface area (Å²) in [5.74, 6) is -0.583. The van der Waals surface area contributed by atoms with Crippen LogP contribution >= 0.6 is 9.90 Å². The molecule has 38 valence electrons. The third kappa shape index (κ3) is 818. The van der Waals surface area contributed by atoms with E-state index in [9.17, 15) is 0 Å². The molecule has 4 N–H and O–H groups in total. The van der Waals surface area contributed by atoms with Gasteiger partial charge in [-0.3, -0.25) is 0 Å². The van der Waals surface area contributed by atoms with E-state index in [0.717, 1.165) is 0 Å². The van der Waals surface area contributed by atoms with Crippen molar-refractivity contribution < 1.29 is 17.4 Å². The van der Waals surface area contributed by atoms with E-state index >= 15 is 0 Å². The number of rotatable bonds is 0. The molecule has 0 saturated heterocycles. The van der Waals surface area contributed by atoms with Gasteiger partial charge in [-0.25, -0.2) is 0 Å². The van der Waals surface area contributed by atoms with E-state index in [2.05, 4.69) is 5.73 Å². The molecule has 0 aromatic heterocycles. The Morgan fingerprint density at radius 1 is 1.67 bits per heavy atom. The Hall–Kier alpha value is 0.232. The number of nitrogens with two attached hydrogens (primary N) is 1. The van der Waals surface area contributed by atoms with E-state index in [0.29, 0.717) is 0 Å². The predicted molar refractivity (Wildman–Crippen MR) is 27.3 cm³/mol. The van der Waals surface area contributed by atoms with E-state index in [-0.39, 0.29) is 27.3 Å². The molecule has 0 spiro atoms. The van der Waals surface area contributed by atoms with E-state index in [1.54, 1.807) is 0 Å². The van der Waals surface area contributed by atoms with Gasteiger partial charge in [0.15, 0.2) is 0 Å². The number of guanidine groups is 1. The van der Waals surface area contributed by atoms with Crippen molar-refractivity contribution in [2.75, 3.05) is 0 Å². The molecule has 0 fully saturated rings. The largest absolute Gasteiger partial charge is 0.454 e. The molecule has 0 aliphatic carbocycles. The van der Waals surface area contributed by atoms with Crippen molar-refractivity contribution in [1.29, 1.82) is 5.41 Å². The van der Waals surface area contributed by atoms with Crippen LogP contribution in [-0.2, 0) is 17.4 Å². The summed E-state index contributed by atoms with van der Waals surface area (Å²) >= 11 is 0. The van der Waals surface area contributed by atoms with Crippen molar-refractivity contribution in [2.45, 2.75) is 0 Å². The Labute approximate surface area is 50.7 Å². The average Bonchev–Trinajstić information content (AvgIpc) is 0.811. The van der Waals surface area contributed by atoms with E-state index in [1.165, 1.54) is 0 Å². The molecule has 1 atom stereocenters. The zero-order valence-corrected chi connectivity index (χ0v) is 5.88. The van der Waals surface area contributed by atoms with Crippen molar-refractivity contribution in [3.05, 3.63) is 5.73 Å². The molecule has 0 aliphatic heterocycles. The molecule has 5 heteroatoms. The molecule has 0 bridgehead atoms. The Morgan fingerprint density at radius 2 is 1.67 bits per heavy atom. The minimum Gasteiger partial charge on any atom is -0.454 e. The first-order valence-corrected chi connectivity index (χ1v) is 0.789. The van der Waals surface area contributed by atoms with E-state index in [1.807, 2.05) is 0 Å². The molecule has 0 rings (SSSR count). The Kier molecular flexibility index (Phi) is 24.4. The van der Waals surface area contributed by atoms with Crippen LogP contribution in [0.15, 0.2) is 0 Å². The fraction of sp³-hybridized carbons (Fsp3) is 0. The summed E-state index contributed by atoms with van der Waals surface area (Å²) in [6.45, 7) is 0. The summed E-state index contributed by atoms with van der Waals surface area (Å²) in [5, 5.41) is 5.94. The third-order valence-electron chi connectivity index (χ3n) is 0. The van der Waals surface area contributed by atoms with Crippen molar-refractivity contribution in [3.63, 3.8) is 0 Å². The summed E-state index contributed by atoms with van der Waals surface area (Å²) in [6.07, 6.45) is 0. The number of hydrogen-bond acceptors (Lipinski definition) is 1. The van der Waals surface area contributed by atoms with Crippen molar-refractivity contribution in [1.82, 2.24) is 0 Å². The van der Waals surface area contributed by atoms with Gasteiger partial charge >= 0.3 is 0 Å². The fourth-order valence-corrected chi connectivity index (χ4v) is 0. The first-order valence-electron chi connectivity index (χ1n) is 0.789. The molecule has 0 radical (unpaired) electrons. The van der Waals surface area contributed by atoms with Crippen LogP contribution in [-0.4, -0.2) is 5.96 Å². The maximum atomic E-state index is 5.94. The van der Waals surface area contributed by atoms with Gasteiger partial charge in [0.1, 0.15) is 0 Å². The Balaban J connectivity index is -0.0000000450. The van der Waals surface area contributed by atoms with Crippen LogP contribution in [0.5, 0.6) is 0 Å². The molecule has 0 aromatic rings. The average molecular weight is 144 g/mol. The van der Waals surface area contributed by atoms with Crippen molar-refractivity contribution in [3.8, 4) is 0 Å². The van der Waals surface area contributed by atoms with Gasteiger partial charge in [-0.15, -0.1) is 0 Å². The summed E-state index contributed by atoms with van der Waals surface area (Å²) in [5.41, 5.74) is 10.3. The normalized spacial score (nSPS) is 4.00. The second kappa shape index (κ2) is 8.97. The Morgan fingerprint density at radius 3 is 1.67 bits per heavy atom. The minimum atomic E-state index is -0.583. The first-order chi connectivity index (χ1) is 1.73. The smallest absolute Gasteiger partial charge is 0 e. The van der Waals surface area contributed by atoms with Gasteiger partial charge in [0, 0.05) is 17.4 Å². The first kappa shape index (κ1) is 16.3. The minimum absolute atomic E-state index is 0. The topological polar surface area (TPSA) is 73.7 Å². The molecule has 0 aromatic carbocycles. The molecule has 6 heavy (non-hydrogen) atoms. The number of hydrogen-bond donors (Lipinski definition) is 2. The molecule has 3 nitrogen and oxygen atoms in total. The Bertz CT molecular complexity index is 33.8. The van der Waals surface area contributed by atoms with Crippen molar-refractivity contribution in [2.24, 2.45) is 5.73 Å². The van der Waals surface area contributed by atoms with Gasteiger partial charge in [-0.1, -0.05) is 0 Å². The molecule has 0 saturated carbocycles. The van der Waals surface area contributed by atoms with Crippen LogP contribution < -0.4 is 5.73 Å². The van der Waals surface area contributed by atoms with Crippen LogP contribution in [0.3, 0.4) is 0 Å². The maximum Gasteiger partial charge on any atom is 0 e. The summed E-state index contributed by atoms with van der Waals surface area (Å²) in [6, 6.07) is 0. The van der Waals surface area contributed by atoms with E-state index < -0.39 is 5.96 Å². The van der Waals surface area contributed by atoms with Crippen LogP contribution in [0.2, 0.25) is 0 Å². The van der Waals surface area contributed by atoms with Gasteiger partial charge in [0.05, 0.1) is 0 Å². The SMILES string of the molecule is N=C([NH-])N.P.[Cr]. The van der Waals surface area contributed by atoms with Gasteiger partial charge in [0.2, 0.25) is 0 Å². The van der Waals surface area contributed by atoms with Crippen LogP contribution in [0.4, 0.5) is 0 Å². The number of nitrogens with one attached hydrogen (secondary N) is 2. The zero-order valence-electron chi connectivity index (χ0n) is 3.19. The molecular weight excluding hydrogens is 137 g/mol. The van der Waals surface area contributed by atoms with Crippen LogP contribution in [0, 0.1) is 5.41 Å². The summed E-state index contributed by atoms with van der Waals surface area (Å²) in [4.78, 5) is 0. The molecule has 1 unspecified atom stereocenters. The van der Waals surface area contributed by atoms with E-state index in [4.69, 9.17) is 11.1 Å². The molecule has 0 heterocycles. The third-order valence-corrected chi connectivity index (χ3v) is 0. The van der Waals surface area contributed by atoms with Crippen LogP contribution in [0.1, 0.15) is 0 Å². The van der Waals surface area contributed by atoms with Gasteiger partial charge < -0.3 is 16.9 Å². The summed E-state index contributed by atoms with van der Waals surface area (Å²) in [7, 11) is 0. The second-order valence-electron chi connectivity index (χ2n) is 0.414. The quantitative estimate of drug-likeness (QED) is 0.280. The van der Waals surface area contributed by atoms with Crippen LogP contribution in [0.25, 0.3) is 5.73 Å². The molecule has 0 aliphatic rings. The standard InChI is InChI=1S/CH4N3.Cr.H3P/c2-1(3)4;;/h(H4-,2,3,4);;1H3/q-1;;. The van der Waals surface area contributed by atoms with Gasteiger partial charge in [0.25, 0.3) is 0 Å². The van der Waals surface area contributed by atoms with Gasteiger partial charge in [-0.2, -0.15) is 9.90 Å². The predicted octanol–water partition coefficient (Wildman–Crippen LogP) is -0.0123. The molecule has 0 amide bonds. The summed E-state index contributed by atoms with van der Waals surface area (Å²) < 4.78 is 0. The second-order valence-corrected chi connectivity index (χ2v) is 0.414. The van der Waals surface area contributed by atoms with Gasteiger partial charge in [-0.05, 0) is 5.96 Å².